The maximum Gasteiger partial charge on any atom is 0.330 e. The van der Waals surface area contributed by atoms with Gasteiger partial charge in [0.25, 0.3) is 5.56 Å². The number of benzene rings is 6. The number of anilines is 1. The summed E-state index contributed by atoms with van der Waals surface area (Å²) in [7, 11) is 6.39. The van der Waals surface area contributed by atoms with Crippen LogP contribution in [0.1, 0.15) is 84.0 Å². The van der Waals surface area contributed by atoms with Gasteiger partial charge in [-0.3, -0.25) is 23.7 Å². The Hall–Kier alpha value is -8.41. The summed E-state index contributed by atoms with van der Waals surface area (Å²) in [5.41, 5.74) is 1.55. The summed E-state index contributed by atoms with van der Waals surface area (Å²) in [6.45, 7) is -1.42. The van der Waals surface area contributed by atoms with Gasteiger partial charge < -0.3 is 57.2 Å². The molecule has 2 saturated heterocycles. The maximum atomic E-state index is 13.7. The Morgan fingerprint density at radius 2 is 1.12 bits per heavy atom. The molecule has 5 heterocycles. The van der Waals surface area contributed by atoms with Gasteiger partial charge in [-0.2, -0.15) is 0 Å². The molecule has 0 saturated carbocycles. The van der Waals surface area contributed by atoms with Crippen LogP contribution in [0.15, 0.2) is 186 Å². The zero-order valence-corrected chi connectivity index (χ0v) is 51.5. The lowest BCUT2D eigenvalue weighted by Gasteiger charge is -2.39. The van der Waals surface area contributed by atoms with Crippen LogP contribution in [0, 0.1) is 6.92 Å². The summed E-state index contributed by atoms with van der Waals surface area (Å²) in [4.78, 5) is 67.8. The quantitative estimate of drug-likeness (QED) is 0.0356. The second-order valence-corrected chi connectivity index (χ2v) is 24.2. The highest BCUT2D eigenvalue weighted by molar-refractivity contribution is 8.07. The third-order valence-electron chi connectivity index (χ3n) is 16.0. The van der Waals surface area contributed by atoms with Crippen molar-refractivity contribution in [2.24, 2.45) is 0 Å². The zero-order chi connectivity index (χ0) is 62.3. The van der Waals surface area contributed by atoms with Crippen molar-refractivity contribution in [2.75, 3.05) is 47.0 Å². The van der Waals surface area contributed by atoms with Crippen LogP contribution in [0.2, 0.25) is 0 Å². The molecule has 2 aliphatic rings. The molecule has 3 N–H and O–H groups in total. The number of ether oxygens (including phenoxy) is 8. The van der Waals surface area contributed by atoms with Crippen LogP contribution >= 0.6 is 6.72 Å². The van der Waals surface area contributed by atoms with Crippen molar-refractivity contribution in [3.8, 4) is 23.0 Å². The average molecular weight is 1250 g/mol. The Bertz CT molecular complexity index is 3950. The molecule has 1 unspecified atom stereocenters. The lowest BCUT2D eigenvalue weighted by atomic mass is 9.79. The topological polar surface area (TPSA) is 240 Å². The highest BCUT2D eigenvalue weighted by Crippen LogP contribution is 2.52. The van der Waals surface area contributed by atoms with Gasteiger partial charge in [-0.15, -0.1) is 0 Å². The van der Waals surface area contributed by atoms with Gasteiger partial charge in [0.05, 0.1) is 60.2 Å². The molecule has 2 aliphatic heterocycles. The van der Waals surface area contributed by atoms with Crippen LogP contribution in [-0.2, 0) is 55.8 Å². The number of rotatable bonds is 25. The number of aromatic nitrogens is 6. The minimum atomic E-state index is -4.36. The molecule has 3 aromatic heterocycles. The van der Waals surface area contributed by atoms with E-state index in [2.05, 4.69) is 25.3 Å². The molecule has 2 fully saturated rings. The van der Waals surface area contributed by atoms with E-state index in [1.54, 1.807) is 46.3 Å². The second kappa shape index (κ2) is 27.1. The van der Waals surface area contributed by atoms with E-state index in [0.29, 0.717) is 40.6 Å². The molecule has 89 heavy (non-hydrogen) atoms. The molecule has 23 heteroatoms. The van der Waals surface area contributed by atoms with E-state index in [0.717, 1.165) is 33.4 Å². The van der Waals surface area contributed by atoms with E-state index in [-0.39, 0.29) is 43.2 Å². The van der Waals surface area contributed by atoms with E-state index in [1.807, 2.05) is 165 Å². The van der Waals surface area contributed by atoms with Crippen LogP contribution in [0.5, 0.6) is 23.0 Å². The molecule has 1 amide bonds. The Labute approximate surface area is 518 Å². The summed E-state index contributed by atoms with van der Waals surface area (Å²) >= 11 is 6.00. The van der Waals surface area contributed by atoms with Gasteiger partial charge in [-0.25, -0.2) is 19.7 Å². The van der Waals surface area contributed by atoms with Crippen molar-refractivity contribution in [3.63, 3.8) is 0 Å². The molecule has 0 spiro atoms. The normalized spacial score (nSPS) is 19.2. The first-order valence-electron chi connectivity index (χ1n) is 29.0. The smallest absolute Gasteiger partial charge is 0.330 e. The number of carbonyl (C=O) groups is 1. The number of imidazole rings is 1. The van der Waals surface area contributed by atoms with Crippen molar-refractivity contribution < 1.29 is 56.6 Å². The molecule has 0 bridgehead atoms. The molecular weight excluding hydrogens is 1180 g/mol. The number of aromatic amines is 1. The van der Waals surface area contributed by atoms with Gasteiger partial charge in [0.1, 0.15) is 65.2 Å². The second-order valence-electron chi connectivity index (χ2n) is 21.4. The Morgan fingerprint density at radius 3 is 1.64 bits per heavy atom. The van der Waals surface area contributed by atoms with Gasteiger partial charge >= 0.3 is 12.4 Å². The maximum absolute atomic E-state index is 13.7. The van der Waals surface area contributed by atoms with Gasteiger partial charge in [-0.05, 0) is 107 Å². The van der Waals surface area contributed by atoms with Gasteiger partial charge in [0.15, 0.2) is 17.0 Å². The minimum Gasteiger partial charge on any atom is -0.497 e. The molecule has 9 aromatic rings. The van der Waals surface area contributed by atoms with Crippen LogP contribution in [0.4, 0.5) is 5.82 Å². The predicted molar refractivity (Wildman–Crippen MR) is 335 cm³/mol. The average Bonchev–Trinajstić information content (AvgIpc) is 1.58. The van der Waals surface area contributed by atoms with Crippen LogP contribution < -0.4 is 35.5 Å². The molecular formula is C66H68N7O14PS. The highest BCUT2D eigenvalue weighted by Gasteiger charge is 2.49. The largest absolute Gasteiger partial charge is 0.497 e. The molecule has 462 valence electrons. The number of hydrogen-bond donors (Lipinski definition) is 3. The van der Waals surface area contributed by atoms with Crippen molar-refractivity contribution in [1.82, 2.24) is 29.1 Å². The number of methoxy groups -OCH3 is 4. The number of H-pyrrole nitrogens is 1. The van der Waals surface area contributed by atoms with Gasteiger partial charge in [0, 0.05) is 31.0 Å². The molecule has 0 aliphatic carbocycles. The van der Waals surface area contributed by atoms with E-state index in [1.165, 1.54) is 17.1 Å². The van der Waals surface area contributed by atoms with E-state index < -0.39 is 72.6 Å². The predicted octanol–water partition coefficient (Wildman–Crippen LogP) is 10.0. The summed E-state index contributed by atoms with van der Waals surface area (Å²) in [6.07, 6.45) is -0.464. The third-order valence-corrected chi connectivity index (χ3v) is 17.6. The summed E-state index contributed by atoms with van der Waals surface area (Å²) in [6, 6.07) is 49.7. The standard InChI is InChI=1S/C66H68N7O14PS/c1-7-14-57(74)70-61-60-62(68-40-67-61)73(41-69-60)59-36-54(55(84-59)38-82-65(43-15-10-8-11-16-43,45-19-27-49(78-3)28-20-45)46-21-29-50(79-4)30-22-46)87-88(77,89)83-39-56-53(35-58(85-56)72-37-42(2)63(75)71-64(72)76)86-66(44-17-12-9-13-18-44,47-23-31-51(80-5)32-24-47)48-25-33-52(81-6)34-26-48/h8-13,15-34,37,40-41,53-56,58-59H,7,14,35-36,38-39H2,1-6H3,(H,77,89)(H,71,75,76)(H,67,68,70,74)/t53-,54-,55+,56+,58+,59+,88?/m0/s1. The number of amides is 1. The van der Waals surface area contributed by atoms with Crippen molar-refractivity contribution in [3.05, 3.63) is 236 Å². The first-order valence-corrected chi connectivity index (χ1v) is 31.5. The Balaban J connectivity index is 0.961. The van der Waals surface area contributed by atoms with Crippen molar-refractivity contribution in [2.45, 2.75) is 87.6 Å². The van der Waals surface area contributed by atoms with Crippen molar-refractivity contribution in [1.29, 1.82) is 0 Å². The first-order chi connectivity index (χ1) is 43.2. The fourth-order valence-corrected chi connectivity index (χ4v) is 13.0. The lowest BCUT2D eigenvalue weighted by molar-refractivity contribution is -0.116. The van der Waals surface area contributed by atoms with E-state index in [9.17, 15) is 19.3 Å². The molecule has 21 nitrogen and oxygen atoms in total. The number of carbonyl (C=O) groups excluding carboxylic acids is 1. The Kier molecular flexibility index (Phi) is 19.0. The summed E-state index contributed by atoms with van der Waals surface area (Å²) in [5, 5.41) is 2.86. The number of fused-ring (bicyclic) bond motifs is 1. The van der Waals surface area contributed by atoms with E-state index in [4.69, 9.17) is 58.7 Å². The first kappa shape index (κ1) is 62.2. The molecule has 11 rings (SSSR count). The molecule has 7 atom stereocenters. The minimum absolute atomic E-state index is 0.0605. The van der Waals surface area contributed by atoms with Gasteiger partial charge in [-0.1, -0.05) is 116 Å². The summed E-state index contributed by atoms with van der Waals surface area (Å²) < 4.78 is 67.3. The van der Waals surface area contributed by atoms with Crippen LogP contribution in [-0.4, -0.2) is 106 Å². The third kappa shape index (κ3) is 13.1. The number of aryl methyl sites for hydroxylation is 1. The fourth-order valence-electron chi connectivity index (χ4n) is 11.6. The Morgan fingerprint density at radius 1 is 0.652 bits per heavy atom. The zero-order valence-electron chi connectivity index (χ0n) is 49.8. The summed E-state index contributed by atoms with van der Waals surface area (Å²) in [5.74, 6) is 2.53. The highest BCUT2D eigenvalue weighted by atomic mass is 32.5. The SMILES string of the molecule is CCCC(=O)Nc1ncnc2c1ncn2[C@H]1C[C@H](OP(O)(=S)OC[C@H]2O[C@@H](n3cc(C)c(=O)[nH]c3=O)C[C@@H]2OC(c2ccccc2)(c2ccc(OC)cc2)c2ccc(OC)cc2)[C@@H](COC(c2ccccc2)(c2ccc(OC)cc2)c2ccc(OC)cc2)O1. The van der Waals surface area contributed by atoms with E-state index >= 15 is 0 Å². The number of nitrogens with zero attached hydrogens (tertiary/aromatic N) is 5. The molecule has 6 aromatic carbocycles. The van der Waals surface area contributed by atoms with Crippen molar-refractivity contribution >= 4 is 41.4 Å². The van der Waals surface area contributed by atoms with Crippen LogP contribution in [0.25, 0.3) is 11.2 Å². The van der Waals surface area contributed by atoms with Gasteiger partial charge in [0.2, 0.25) is 5.91 Å². The molecule has 0 radical (unpaired) electrons. The lowest BCUT2D eigenvalue weighted by Crippen LogP contribution is -2.41. The van der Waals surface area contributed by atoms with Crippen LogP contribution in [0.3, 0.4) is 0 Å². The number of nitrogens with one attached hydrogen (secondary N) is 2. The monoisotopic (exact) mass is 1250 g/mol. The number of hydrogen-bond acceptors (Lipinski definition) is 17. The fraction of sp³-hybridized carbons (Fsp3) is 0.303.